The fourth-order valence-corrected chi connectivity index (χ4v) is 2.39. The van der Waals surface area contributed by atoms with Crippen molar-refractivity contribution in [2.24, 2.45) is 7.05 Å². The van der Waals surface area contributed by atoms with Crippen molar-refractivity contribution in [3.8, 4) is 34.3 Å². The number of aryl methyl sites for hydroxylation is 1. The van der Waals surface area contributed by atoms with Crippen LogP contribution in [-0.4, -0.2) is 34.7 Å². The lowest BCUT2D eigenvalue weighted by Gasteiger charge is -2.02. The maximum Gasteiger partial charge on any atom is 0.198 e. The van der Waals surface area contributed by atoms with E-state index in [-0.39, 0.29) is 0 Å². The Morgan fingerprint density at radius 1 is 0.833 bits per heavy atom. The second-order valence-corrected chi connectivity index (χ2v) is 5.12. The Morgan fingerprint density at radius 3 is 2.46 bits per heavy atom. The highest BCUT2D eigenvalue weighted by Crippen LogP contribution is 2.24. The Kier molecular flexibility index (Phi) is 3.51. The molecule has 4 heterocycles. The molecule has 0 radical (unpaired) electrons. The largest absolute Gasteiger partial charge is 0.266 e. The minimum atomic E-state index is 0.484. The van der Waals surface area contributed by atoms with Gasteiger partial charge in [0.25, 0.3) is 0 Å². The van der Waals surface area contributed by atoms with E-state index < -0.39 is 0 Å². The molecule has 4 rings (SSSR count). The van der Waals surface area contributed by atoms with Crippen LogP contribution in [0.3, 0.4) is 0 Å². The first kappa shape index (κ1) is 14.1. The molecule has 0 aliphatic carbocycles. The van der Waals surface area contributed by atoms with Gasteiger partial charge in [0.2, 0.25) is 0 Å². The Balaban J connectivity index is 1.76. The highest BCUT2D eigenvalue weighted by Gasteiger charge is 2.12. The number of nitrogens with zero attached hydrogens (tertiary/aromatic N) is 7. The fraction of sp³-hybridized carbons (Fsp3) is 0.0588. The molecule has 0 saturated carbocycles. The van der Waals surface area contributed by atoms with Gasteiger partial charge < -0.3 is 0 Å². The molecule has 4 aromatic heterocycles. The Morgan fingerprint density at radius 2 is 1.67 bits per heavy atom. The number of hydrogen-bond donors (Lipinski definition) is 0. The van der Waals surface area contributed by atoms with Crippen LogP contribution in [0.2, 0.25) is 0 Å². The number of aromatic nitrogens is 7. The van der Waals surface area contributed by atoms with E-state index in [0.29, 0.717) is 11.6 Å². The van der Waals surface area contributed by atoms with Crippen LogP contribution in [0.1, 0.15) is 0 Å². The summed E-state index contributed by atoms with van der Waals surface area (Å²) in [6.45, 7) is 0. The van der Waals surface area contributed by atoms with E-state index >= 15 is 0 Å². The minimum absolute atomic E-state index is 0.484. The lowest BCUT2D eigenvalue weighted by molar-refractivity contribution is 0.776. The summed E-state index contributed by atoms with van der Waals surface area (Å²) in [6, 6.07) is 9.45. The van der Waals surface area contributed by atoms with Crippen LogP contribution in [0.15, 0.2) is 61.3 Å². The van der Waals surface area contributed by atoms with Crippen molar-refractivity contribution in [1.29, 1.82) is 0 Å². The lowest BCUT2D eigenvalue weighted by Crippen LogP contribution is -1.99. The maximum absolute atomic E-state index is 4.57. The van der Waals surface area contributed by atoms with Crippen molar-refractivity contribution in [3.05, 3.63) is 61.3 Å². The van der Waals surface area contributed by atoms with E-state index in [1.165, 1.54) is 0 Å². The third kappa shape index (κ3) is 2.63. The average Bonchev–Trinajstić information content (AvgIpc) is 3.05. The van der Waals surface area contributed by atoms with Gasteiger partial charge in [0.05, 0.1) is 17.1 Å². The normalized spacial score (nSPS) is 10.7. The van der Waals surface area contributed by atoms with Gasteiger partial charge >= 0.3 is 0 Å². The number of hydrogen-bond acceptors (Lipinski definition) is 6. The van der Waals surface area contributed by atoms with Gasteiger partial charge in [-0.3, -0.25) is 9.67 Å². The summed E-state index contributed by atoms with van der Waals surface area (Å²) in [5, 5.41) is 4.54. The summed E-state index contributed by atoms with van der Waals surface area (Å²) >= 11 is 0. The first-order valence-corrected chi connectivity index (χ1v) is 7.36. The molecule has 0 amide bonds. The molecule has 0 unspecified atom stereocenters. The third-order valence-corrected chi connectivity index (χ3v) is 3.52. The Labute approximate surface area is 138 Å². The number of pyridine rings is 1. The highest BCUT2D eigenvalue weighted by molar-refractivity contribution is 5.66. The van der Waals surface area contributed by atoms with Gasteiger partial charge in [-0.05, 0) is 30.3 Å². The molecule has 0 spiro atoms. The molecule has 0 atom stereocenters. The van der Waals surface area contributed by atoms with Crippen LogP contribution in [0, 0.1) is 0 Å². The van der Waals surface area contributed by atoms with Gasteiger partial charge in [0.1, 0.15) is 0 Å². The molecule has 116 valence electrons. The van der Waals surface area contributed by atoms with Crippen molar-refractivity contribution >= 4 is 0 Å². The zero-order valence-electron chi connectivity index (χ0n) is 12.9. The van der Waals surface area contributed by atoms with Gasteiger partial charge in [0.15, 0.2) is 11.6 Å². The van der Waals surface area contributed by atoms with Crippen molar-refractivity contribution in [3.63, 3.8) is 0 Å². The van der Waals surface area contributed by atoms with Gasteiger partial charge in [-0.1, -0.05) is 0 Å². The van der Waals surface area contributed by atoms with Crippen LogP contribution in [0.25, 0.3) is 34.3 Å². The summed E-state index contributed by atoms with van der Waals surface area (Å²) in [4.78, 5) is 21.3. The van der Waals surface area contributed by atoms with Crippen molar-refractivity contribution in [2.75, 3.05) is 0 Å². The molecule has 0 bridgehead atoms. The Bertz CT molecular complexity index is 965. The van der Waals surface area contributed by atoms with E-state index in [4.69, 9.17) is 0 Å². The molecular formula is C17H13N7. The smallest absolute Gasteiger partial charge is 0.198 e. The summed E-state index contributed by atoms with van der Waals surface area (Å²) in [6.07, 6.45) is 8.57. The van der Waals surface area contributed by atoms with Crippen LogP contribution < -0.4 is 0 Å². The molecule has 7 heteroatoms. The second kappa shape index (κ2) is 5.96. The van der Waals surface area contributed by atoms with Crippen LogP contribution in [0.4, 0.5) is 0 Å². The van der Waals surface area contributed by atoms with Gasteiger partial charge in [-0.25, -0.2) is 19.9 Å². The van der Waals surface area contributed by atoms with Crippen LogP contribution in [0.5, 0.6) is 0 Å². The maximum atomic E-state index is 4.57. The summed E-state index contributed by atoms with van der Waals surface area (Å²) in [5.74, 6) is 0.978. The average molecular weight is 315 g/mol. The SMILES string of the molecule is Cn1nc(-c2cccnc2)cc1-c1ccnc(-c2ncccn2)n1. The zero-order valence-corrected chi connectivity index (χ0v) is 12.9. The molecule has 0 aliphatic heterocycles. The fourth-order valence-electron chi connectivity index (χ4n) is 2.39. The third-order valence-electron chi connectivity index (χ3n) is 3.52. The van der Waals surface area contributed by atoms with Crippen molar-refractivity contribution in [1.82, 2.24) is 34.7 Å². The molecule has 0 aliphatic rings. The predicted octanol–water partition coefficient (Wildman–Crippen LogP) is 2.40. The van der Waals surface area contributed by atoms with E-state index in [1.54, 1.807) is 41.7 Å². The molecule has 0 N–H and O–H groups in total. The van der Waals surface area contributed by atoms with Crippen molar-refractivity contribution < 1.29 is 0 Å². The van der Waals surface area contributed by atoms with Gasteiger partial charge in [-0.2, -0.15) is 5.10 Å². The van der Waals surface area contributed by atoms with E-state index in [0.717, 1.165) is 22.6 Å². The Hall–Kier alpha value is -3.48. The van der Waals surface area contributed by atoms with E-state index in [1.807, 2.05) is 31.3 Å². The summed E-state index contributed by atoms with van der Waals surface area (Å²) < 4.78 is 1.79. The minimum Gasteiger partial charge on any atom is -0.266 e. The van der Waals surface area contributed by atoms with Crippen LogP contribution >= 0.6 is 0 Å². The standard InChI is InChI=1S/C17H13N7/c1-24-15(10-14(23-24)12-4-2-6-18-11-12)13-5-9-21-17(22-13)16-19-7-3-8-20-16/h2-11H,1H3. The second-order valence-electron chi connectivity index (χ2n) is 5.12. The molecule has 0 fully saturated rings. The molecule has 0 aromatic carbocycles. The van der Waals surface area contributed by atoms with E-state index in [2.05, 4.69) is 30.0 Å². The summed E-state index contributed by atoms with van der Waals surface area (Å²) in [7, 11) is 1.88. The lowest BCUT2D eigenvalue weighted by atomic mass is 10.2. The van der Waals surface area contributed by atoms with E-state index in [9.17, 15) is 0 Å². The molecule has 24 heavy (non-hydrogen) atoms. The predicted molar refractivity (Wildman–Crippen MR) is 88.5 cm³/mol. The highest BCUT2D eigenvalue weighted by atomic mass is 15.3. The monoisotopic (exact) mass is 315 g/mol. The van der Waals surface area contributed by atoms with Crippen LogP contribution in [-0.2, 0) is 7.05 Å². The molecule has 0 saturated heterocycles. The number of rotatable bonds is 3. The van der Waals surface area contributed by atoms with Gasteiger partial charge in [0, 0.05) is 43.6 Å². The zero-order chi connectivity index (χ0) is 16.4. The summed E-state index contributed by atoms with van der Waals surface area (Å²) in [5.41, 5.74) is 3.45. The quantitative estimate of drug-likeness (QED) is 0.577. The topological polar surface area (TPSA) is 82.3 Å². The molecule has 7 nitrogen and oxygen atoms in total. The molecule has 4 aromatic rings. The van der Waals surface area contributed by atoms with Crippen molar-refractivity contribution in [2.45, 2.75) is 0 Å². The first-order valence-electron chi connectivity index (χ1n) is 7.36. The first-order chi connectivity index (χ1) is 11.8. The van der Waals surface area contributed by atoms with Gasteiger partial charge in [-0.15, -0.1) is 0 Å². The molecular weight excluding hydrogens is 302 g/mol.